The summed E-state index contributed by atoms with van der Waals surface area (Å²) < 4.78 is 19.3. The third-order valence-corrected chi connectivity index (χ3v) is 8.83. The Morgan fingerprint density at radius 1 is 0.654 bits per heavy atom. The SMILES string of the molecule is CNC(=O)c1cc(Oc2ccc(NC(=O)c3nn(C(c4ccccc4)(c4ccccc4)c4ccccc4)c4cc(OC)c(OC)cc34)cc2)ccn1. The zero-order valence-corrected chi connectivity index (χ0v) is 28.7. The van der Waals surface area contributed by atoms with E-state index in [9.17, 15) is 9.59 Å². The molecule has 52 heavy (non-hydrogen) atoms. The van der Waals surface area contributed by atoms with Crippen LogP contribution in [-0.4, -0.2) is 47.8 Å². The molecule has 0 fully saturated rings. The van der Waals surface area contributed by atoms with Crippen molar-refractivity contribution in [2.75, 3.05) is 26.6 Å². The molecule has 0 bridgehead atoms. The number of rotatable bonds is 11. The summed E-state index contributed by atoms with van der Waals surface area (Å²) in [5, 5.41) is 11.3. The van der Waals surface area contributed by atoms with Gasteiger partial charge in [0.25, 0.3) is 11.8 Å². The van der Waals surface area contributed by atoms with Gasteiger partial charge >= 0.3 is 0 Å². The van der Waals surface area contributed by atoms with E-state index >= 15 is 0 Å². The second-order valence-electron chi connectivity index (χ2n) is 11.8. The molecule has 5 aromatic carbocycles. The van der Waals surface area contributed by atoms with Crippen LogP contribution in [0, 0.1) is 0 Å². The van der Waals surface area contributed by atoms with Crippen molar-refractivity contribution in [3.63, 3.8) is 0 Å². The molecule has 0 saturated carbocycles. The highest BCUT2D eigenvalue weighted by atomic mass is 16.5. The Morgan fingerprint density at radius 3 is 1.75 bits per heavy atom. The van der Waals surface area contributed by atoms with E-state index in [1.807, 2.05) is 65.3 Å². The predicted octanol–water partition coefficient (Wildman–Crippen LogP) is 7.69. The van der Waals surface area contributed by atoms with Gasteiger partial charge in [0, 0.05) is 36.5 Å². The summed E-state index contributed by atoms with van der Waals surface area (Å²) in [4.78, 5) is 30.4. The van der Waals surface area contributed by atoms with Gasteiger partial charge in [-0.1, -0.05) is 91.0 Å². The standard InChI is InChI=1S/C42H35N5O5/c1-43-40(48)35-25-33(23-24-44-35)52-32-21-19-31(20-22-32)45-41(49)39-34-26-37(50-2)38(51-3)27-36(34)47(46-39)42(28-13-7-4-8-14-28,29-15-9-5-10-16-29)30-17-11-6-12-18-30/h4-27H,1-3H3,(H,43,48)(H,45,49). The molecule has 2 heterocycles. The lowest BCUT2D eigenvalue weighted by atomic mass is 9.77. The third kappa shape index (κ3) is 6.18. The number of carbonyl (C=O) groups excluding carboxylic acids is 2. The Balaban J connectivity index is 1.34. The number of carbonyl (C=O) groups is 2. The Bertz CT molecular complexity index is 2250. The van der Waals surface area contributed by atoms with Crippen molar-refractivity contribution in [1.29, 1.82) is 0 Å². The monoisotopic (exact) mass is 689 g/mol. The minimum Gasteiger partial charge on any atom is -0.493 e. The fourth-order valence-corrected chi connectivity index (χ4v) is 6.43. The number of nitrogens with zero attached hydrogens (tertiary/aromatic N) is 3. The number of anilines is 1. The van der Waals surface area contributed by atoms with Crippen molar-refractivity contribution in [3.8, 4) is 23.0 Å². The van der Waals surface area contributed by atoms with E-state index in [1.165, 1.54) is 13.2 Å². The van der Waals surface area contributed by atoms with E-state index in [0.717, 1.165) is 16.7 Å². The highest BCUT2D eigenvalue weighted by Crippen LogP contribution is 2.44. The van der Waals surface area contributed by atoms with Crippen molar-refractivity contribution < 1.29 is 23.8 Å². The minimum absolute atomic E-state index is 0.196. The van der Waals surface area contributed by atoms with Gasteiger partial charge in [0.2, 0.25) is 0 Å². The van der Waals surface area contributed by atoms with Gasteiger partial charge in [-0.05, 0) is 53.1 Å². The van der Waals surface area contributed by atoms with Crippen LogP contribution in [-0.2, 0) is 5.54 Å². The first kappa shape index (κ1) is 33.6. The molecule has 0 saturated heterocycles. The quantitative estimate of drug-likeness (QED) is 0.134. The zero-order chi connectivity index (χ0) is 36.1. The number of nitrogens with one attached hydrogen (secondary N) is 2. The number of pyridine rings is 1. The lowest BCUT2D eigenvalue weighted by molar-refractivity contribution is 0.0957. The van der Waals surface area contributed by atoms with E-state index in [-0.39, 0.29) is 17.3 Å². The molecule has 10 nitrogen and oxygen atoms in total. The van der Waals surface area contributed by atoms with Gasteiger partial charge in [-0.3, -0.25) is 14.6 Å². The van der Waals surface area contributed by atoms with Crippen LogP contribution in [0.2, 0.25) is 0 Å². The third-order valence-electron chi connectivity index (χ3n) is 8.83. The van der Waals surface area contributed by atoms with Gasteiger partial charge in [0.05, 0.1) is 19.7 Å². The summed E-state index contributed by atoms with van der Waals surface area (Å²) >= 11 is 0. The molecule has 0 spiro atoms. The molecule has 10 heteroatoms. The maximum Gasteiger partial charge on any atom is 0.276 e. The van der Waals surface area contributed by atoms with Crippen molar-refractivity contribution in [1.82, 2.24) is 20.1 Å². The van der Waals surface area contributed by atoms with E-state index in [2.05, 4.69) is 52.0 Å². The fourth-order valence-electron chi connectivity index (χ4n) is 6.43. The molecule has 7 aromatic rings. The molecule has 2 amide bonds. The highest BCUT2D eigenvalue weighted by Gasteiger charge is 2.41. The number of aromatic nitrogens is 3. The summed E-state index contributed by atoms with van der Waals surface area (Å²) in [6, 6.07) is 44.2. The minimum atomic E-state index is -0.996. The maximum absolute atomic E-state index is 14.3. The van der Waals surface area contributed by atoms with Gasteiger partial charge in [0.1, 0.15) is 22.7 Å². The number of fused-ring (bicyclic) bond motifs is 1. The van der Waals surface area contributed by atoms with Crippen LogP contribution < -0.4 is 24.8 Å². The van der Waals surface area contributed by atoms with Gasteiger partial charge in [0.15, 0.2) is 17.2 Å². The Morgan fingerprint density at radius 2 is 1.21 bits per heavy atom. The fraction of sp³-hybridized carbons (Fsp3) is 0.0952. The average molecular weight is 690 g/mol. The molecule has 2 aromatic heterocycles. The Labute approximate surface area is 300 Å². The van der Waals surface area contributed by atoms with Crippen LogP contribution in [0.5, 0.6) is 23.0 Å². The van der Waals surface area contributed by atoms with Crippen molar-refractivity contribution >= 4 is 28.4 Å². The number of amides is 2. The summed E-state index contributed by atoms with van der Waals surface area (Å²) in [6.07, 6.45) is 1.50. The number of hydrogen-bond acceptors (Lipinski definition) is 7. The zero-order valence-electron chi connectivity index (χ0n) is 28.7. The van der Waals surface area contributed by atoms with Crippen LogP contribution in [0.1, 0.15) is 37.7 Å². The molecule has 0 atom stereocenters. The number of hydrogen-bond donors (Lipinski definition) is 2. The molecule has 0 aliphatic rings. The van der Waals surface area contributed by atoms with Gasteiger partial charge in [-0.15, -0.1) is 0 Å². The van der Waals surface area contributed by atoms with Crippen LogP contribution >= 0.6 is 0 Å². The summed E-state index contributed by atoms with van der Waals surface area (Å²) in [7, 11) is 4.68. The molecule has 7 rings (SSSR count). The number of methoxy groups -OCH3 is 2. The molecule has 0 aliphatic carbocycles. The largest absolute Gasteiger partial charge is 0.493 e. The van der Waals surface area contributed by atoms with Gasteiger partial charge in [-0.25, -0.2) is 4.68 Å². The Kier molecular flexibility index (Phi) is 9.36. The molecular weight excluding hydrogens is 654 g/mol. The van der Waals surface area contributed by atoms with E-state index in [0.29, 0.717) is 39.6 Å². The summed E-state index contributed by atoms with van der Waals surface area (Å²) in [5.74, 6) is 1.19. The first-order valence-electron chi connectivity index (χ1n) is 16.6. The highest BCUT2D eigenvalue weighted by molar-refractivity contribution is 6.12. The average Bonchev–Trinajstić information content (AvgIpc) is 3.58. The summed E-state index contributed by atoms with van der Waals surface area (Å²) in [5.41, 5.74) is 3.48. The van der Waals surface area contributed by atoms with E-state index in [1.54, 1.807) is 56.7 Å². The first-order valence-corrected chi connectivity index (χ1v) is 16.6. The molecule has 0 unspecified atom stereocenters. The van der Waals surface area contributed by atoms with Crippen LogP contribution in [0.4, 0.5) is 5.69 Å². The summed E-state index contributed by atoms with van der Waals surface area (Å²) in [6.45, 7) is 0. The van der Waals surface area contributed by atoms with Crippen LogP contribution in [0.15, 0.2) is 146 Å². The van der Waals surface area contributed by atoms with Crippen molar-refractivity contribution in [3.05, 3.63) is 174 Å². The molecule has 0 radical (unpaired) electrons. The smallest absolute Gasteiger partial charge is 0.276 e. The number of ether oxygens (including phenoxy) is 3. The molecule has 2 N–H and O–H groups in total. The predicted molar refractivity (Wildman–Crippen MR) is 200 cm³/mol. The second kappa shape index (κ2) is 14.5. The van der Waals surface area contributed by atoms with Crippen LogP contribution in [0.3, 0.4) is 0 Å². The second-order valence-corrected chi connectivity index (χ2v) is 11.8. The maximum atomic E-state index is 14.3. The molecular formula is C42H35N5O5. The Hall–Kier alpha value is -6.94. The molecule has 0 aliphatic heterocycles. The van der Waals surface area contributed by atoms with Crippen molar-refractivity contribution in [2.45, 2.75) is 5.54 Å². The van der Waals surface area contributed by atoms with Gasteiger partial charge in [-0.2, -0.15) is 5.10 Å². The van der Waals surface area contributed by atoms with Crippen LogP contribution in [0.25, 0.3) is 10.9 Å². The van der Waals surface area contributed by atoms with Gasteiger partial charge < -0.3 is 24.8 Å². The normalized spacial score (nSPS) is 11.1. The van der Waals surface area contributed by atoms with E-state index < -0.39 is 11.4 Å². The first-order chi connectivity index (χ1) is 25.5. The number of benzene rings is 5. The molecule has 258 valence electrons. The van der Waals surface area contributed by atoms with E-state index in [4.69, 9.17) is 19.3 Å². The lowest BCUT2D eigenvalue weighted by Gasteiger charge is -2.37. The topological polar surface area (TPSA) is 117 Å². The van der Waals surface area contributed by atoms with Crippen molar-refractivity contribution in [2.24, 2.45) is 0 Å². The lowest BCUT2D eigenvalue weighted by Crippen LogP contribution is -2.38.